The predicted octanol–water partition coefficient (Wildman–Crippen LogP) is 11.2. The first kappa shape index (κ1) is 30.5. The third kappa shape index (κ3) is 5.59. The minimum Gasteiger partial charge on any atom is -0.284 e. The summed E-state index contributed by atoms with van der Waals surface area (Å²) in [6.07, 6.45) is 3.82. The maximum absolute atomic E-state index is 5.19. The van der Waals surface area contributed by atoms with Crippen molar-refractivity contribution in [2.45, 2.75) is 0 Å². The van der Waals surface area contributed by atoms with Crippen LogP contribution >= 0.6 is 0 Å². The van der Waals surface area contributed by atoms with Gasteiger partial charge in [0.15, 0.2) is 11.5 Å². The van der Waals surface area contributed by atoms with E-state index in [0.717, 1.165) is 89.3 Å². The van der Waals surface area contributed by atoms with Gasteiger partial charge in [-0.3, -0.25) is 9.38 Å². The molecule has 0 unspecified atom stereocenters. The molecule has 0 N–H and O–H groups in total. The Morgan fingerprint density at radius 2 is 1.02 bits per heavy atom. The average Bonchev–Trinajstić information content (AvgIpc) is 3.63. The van der Waals surface area contributed by atoms with Crippen molar-refractivity contribution in [3.63, 3.8) is 0 Å². The molecule has 6 heteroatoms. The molecule has 0 fully saturated rings. The maximum atomic E-state index is 5.19. The highest BCUT2D eigenvalue weighted by Gasteiger charge is 2.16. The van der Waals surface area contributed by atoms with Gasteiger partial charge in [0.1, 0.15) is 11.2 Å². The molecule has 0 radical (unpaired) electrons. The van der Waals surface area contributed by atoms with Crippen LogP contribution in [0.3, 0.4) is 0 Å². The van der Waals surface area contributed by atoms with Crippen LogP contribution in [0.1, 0.15) is 0 Å². The quantitative estimate of drug-likeness (QED) is 0.175. The molecular formula is C47H30N6. The van der Waals surface area contributed by atoms with Crippen molar-refractivity contribution in [3.8, 4) is 67.5 Å². The largest absolute Gasteiger partial charge is 0.284 e. The fourth-order valence-corrected chi connectivity index (χ4v) is 7.07. The molecule has 0 spiro atoms. The molecule has 10 rings (SSSR count). The topological polar surface area (TPSA) is 68.9 Å². The zero-order valence-corrected chi connectivity index (χ0v) is 28.5. The minimum absolute atomic E-state index is 0.651. The monoisotopic (exact) mass is 678 g/mol. The molecule has 0 atom stereocenters. The Morgan fingerprint density at radius 1 is 0.377 bits per heavy atom. The van der Waals surface area contributed by atoms with Crippen molar-refractivity contribution < 1.29 is 0 Å². The van der Waals surface area contributed by atoms with Crippen LogP contribution in [-0.2, 0) is 0 Å². The fourth-order valence-electron chi connectivity index (χ4n) is 7.07. The lowest BCUT2D eigenvalue weighted by atomic mass is 9.98. The number of fused-ring (bicyclic) bond motifs is 5. The van der Waals surface area contributed by atoms with Crippen molar-refractivity contribution in [2.75, 3.05) is 0 Å². The molecule has 5 heterocycles. The van der Waals surface area contributed by atoms with Crippen LogP contribution in [0.2, 0.25) is 0 Å². The maximum Gasteiger partial charge on any atom is 0.165 e. The zero-order valence-electron chi connectivity index (χ0n) is 28.5. The van der Waals surface area contributed by atoms with Gasteiger partial charge in [0, 0.05) is 39.9 Å². The Labute approximate surface area is 305 Å². The standard InChI is InChI=1S/C47H30N6/c1-2-12-31(13-3-1)35-15-11-17-37(29-35)46-49-41(30-42(50-46)40-20-6-8-26-48-40)36-16-10-14-34(28-36)32-22-24-33(25-23-32)44-38-18-4-5-19-39(38)45-47(52-44)53-27-9-7-21-43(53)51-45/h1-30H. The molecule has 53 heavy (non-hydrogen) atoms. The summed E-state index contributed by atoms with van der Waals surface area (Å²) in [6, 6.07) is 58.3. The number of imidazole rings is 1. The summed E-state index contributed by atoms with van der Waals surface area (Å²) in [7, 11) is 0. The van der Waals surface area contributed by atoms with Gasteiger partial charge >= 0.3 is 0 Å². The number of benzene rings is 5. The third-order valence-corrected chi connectivity index (χ3v) is 9.69. The SMILES string of the molecule is c1ccc(-c2cccc(-c3nc(-c4cccc(-c5ccc(-c6nc7c(nc8ccccn87)c7ccccc67)cc5)c4)cc(-c4ccccn4)n3)c2)cc1. The summed E-state index contributed by atoms with van der Waals surface area (Å²) in [5, 5.41) is 2.17. The van der Waals surface area contributed by atoms with Gasteiger partial charge in [-0.2, -0.15) is 0 Å². The molecule has 0 amide bonds. The Kier molecular flexibility index (Phi) is 7.36. The number of hydrogen-bond acceptors (Lipinski definition) is 5. The van der Waals surface area contributed by atoms with E-state index in [1.165, 1.54) is 0 Å². The van der Waals surface area contributed by atoms with E-state index in [9.17, 15) is 0 Å². The number of nitrogens with zero attached hydrogens (tertiary/aromatic N) is 6. The van der Waals surface area contributed by atoms with Crippen LogP contribution in [0.25, 0.3) is 95.1 Å². The second kappa shape index (κ2) is 12.8. The van der Waals surface area contributed by atoms with E-state index in [2.05, 4.69) is 131 Å². The molecule has 0 aliphatic rings. The van der Waals surface area contributed by atoms with Gasteiger partial charge in [0.05, 0.1) is 22.8 Å². The van der Waals surface area contributed by atoms with Gasteiger partial charge < -0.3 is 0 Å². The Morgan fingerprint density at radius 3 is 1.83 bits per heavy atom. The lowest BCUT2D eigenvalue weighted by Crippen LogP contribution is -1.97. The first-order valence-electron chi connectivity index (χ1n) is 17.6. The normalized spacial score (nSPS) is 11.4. The summed E-state index contributed by atoms with van der Waals surface area (Å²) in [6.45, 7) is 0. The average molecular weight is 679 g/mol. The van der Waals surface area contributed by atoms with Gasteiger partial charge in [-0.1, -0.05) is 127 Å². The number of rotatable bonds is 6. The Balaban J connectivity index is 1.04. The minimum atomic E-state index is 0.651. The predicted molar refractivity (Wildman–Crippen MR) is 214 cm³/mol. The van der Waals surface area contributed by atoms with Crippen LogP contribution < -0.4 is 0 Å². The Hall–Kier alpha value is -7.31. The van der Waals surface area contributed by atoms with Gasteiger partial charge in [-0.15, -0.1) is 0 Å². The third-order valence-electron chi connectivity index (χ3n) is 9.69. The first-order chi connectivity index (χ1) is 26.2. The van der Waals surface area contributed by atoms with Gasteiger partial charge in [0.25, 0.3) is 0 Å². The van der Waals surface area contributed by atoms with Crippen molar-refractivity contribution in [1.29, 1.82) is 0 Å². The second-order valence-electron chi connectivity index (χ2n) is 13.0. The van der Waals surface area contributed by atoms with E-state index in [1.54, 1.807) is 6.20 Å². The number of hydrogen-bond donors (Lipinski definition) is 0. The fraction of sp³-hybridized carbons (Fsp3) is 0. The molecule has 0 bridgehead atoms. The highest BCUT2D eigenvalue weighted by molar-refractivity contribution is 6.09. The van der Waals surface area contributed by atoms with E-state index < -0.39 is 0 Å². The van der Waals surface area contributed by atoms with Crippen molar-refractivity contribution in [2.24, 2.45) is 0 Å². The van der Waals surface area contributed by atoms with E-state index in [0.29, 0.717) is 5.82 Å². The van der Waals surface area contributed by atoms with Crippen LogP contribution in [0.5, 0.6) is 0 Å². The van der Waals surface area contributed by atoms with E-state index in [1.807, 2.05) is 54.7 Å². The second-order valence-corrected chi connectivity index (χ2v) is 13.0. The van der Waals surface area contributed by atoms with E-state index in [-0.39, 0.29) is 0 Å². The molecule has 0 saturated carbocycles. The molecule has 6 nitrogen and oxygen atoms in total. The zero-order chi connectivity index (χ0) is 35.1. The van der Waals surface area contributed by atoms with Crippen molar-refractivity contribution in [1.82, 2.24) is 29.3 Å². The smallest absolute Gasteiger partial charge is 0.165 e. The molecule has 248 valence electrons. The molecule has 5 aromatic carbocycles. The van der Waals surface area contributed by atoms with E-state index >= 15 is 0 Å². The van der Waals surface area contributed by atoms with Crippen LogP contribution in [0, 0.1) is 0 Å². The van der Waals surface area contributed by atoms with Crippen molar-refractivity contribution in [3.05, 3.63) is 182 Å². The number of pyridine rings is 3. The molecule has 0 saturated heterocycles. The highest BCUT2D eigenvalue weighted by Crippen LogP contribution is 2.35. The summed E-state index contributed by atoms with van der Waals surface area (Å²) in [5.74, 6) is 0.651. The summed E-state index contributed by atoms with van der Waals surface area (Å²) in [5.41, 5.74) is 13.4. The van der Waals surface area contributed by atoms with Crippen LogP contribution in [0.15, 0.2) is 182 Å². The first-order valence-corrected chi connectivity index (χ1v) is 17.6. The molecule has 10 aromatic rings. The molecular weight excluding hydrogens is 649 g/mol. The Bertz CT molecular complexity index is 2940. The highest BCUT2D eigenvalue weighted by atomic mass is 15.1. The summed E-state index contributed by atoms with van der Waals surface area (Å²) >= 11 is 0. The van der Waals surface area contributed by atoms with Crippen molar-refractivity contribution >= 4 is 27.6 Å². The molecule has 5 aromatic heterocycles. The molecule has 0 aliphatic heterocycles. The van der Waals surface area contributed by atoms with Gasteiger partial charge in [-0.25, -0.2) is 19.9 Å². The van der Waals surface area contributed by atoms with Gasteiger partial charge in [-0.05, 0) is 64.7 Å². The van der Waals surface area contributed by atoms with E-state index in [4.69, 9.17) is 19.9 Å². The number of aromatic nitrogens is 6. The van der Waals surface area contributed by atoms with Crippen LogP contribution in [0.4, 0.5) is 0 Å². The summed E-state index contributed by atoms with van der Waals surface area (Å²) < 4.78 is 2.06. The lowest BCUT2D eigenvalue weighted by Gasteiger charge is -2.12. The van der Waals surface area contributed by atoms with Crippen LogP contribution in [-0.4, -0.2) is 29.3 Å². The van der Waals surface area contributed by atoms with Gasteiger partial charge in [0.2, 0.25) is 0 Å². The summed E-state index contributed by atoms with van der Waals surface area (Å²) in [4.78, 5) is 24.9. The molecule has 0 aliphatic carbocycles. The lowest BCUT2D eigenvalue weighted by molar-refractivity contribution is 1.16.